The first kappa shape index (κ1) is 12.9. The van der Waals surface area contributed by atoms with Gasteiger partial charge in [0.2, 0.25) is 0 Å². The molecule has 1 aromatic carbocycles. The fraction of sp³-hybridized carbons (Fsp3) is 0.538. The van der Waals surface area contributed by atoms with Crippen molar-refractivity contribution in [3.63, 3.8) is 0 Å². The summed E-state index contributed by atoms with van der Waals surface area (Å²) in [6.45, 7) is 0.0152. The molecule has 0 heterocycles. The molecule has 17 heavy (non-hydrogen) atoms. The summed E-state index contributed by atoms with van der Waals surface area (Å²) in [6, 6.07) is 6.82. The van der Waals surface area contributed by atoms with Gasteiger partial charge in [-0.25, -0.2) is 4.39 Å². The quantitative estimate of drug-likeness (QED) is 0.872. The number of benzene rings is 1. The maximum absolute atomic E-state index is 13.5. The van der Waals surface area contributed by atoms with Gasteiger partial charge in [-0.3, -0.25) is 0 Å². The van der Waals surface area contributed by atoms with Crippen molar-refractivity contribution in [3.05, 3.63) is 30.1 Å². The maximum Gasteiger partial charge on any atom is 0.136 e. The molecule has 0 bridgehead atoms. The van der Waals surface area contributed by atoms with Crippen molar-refractivity contribution in [2.24, 2.45) is 5.73 Å². The summed E-state index contributed by atoms with van der Waals surface area (Å²) < 4.78 is 13.5. The van der Waals surface area contributed by atoms with Crippen LogP contribution < -0.4 is 5.73 Å². The van der Waals surface area contributed by atoms with Gasteiger partial charge in [-0.1, -0.05) is 18.6 Å². The van der Waals surface area contributed by atoms with Gasteiger partial charge in [0.15, 0.2) is 0 Å². The van der Waals surface area contributed by atoms with E-state index in [-0.39, 0.29) is 12.4 Å². The van der Waals surface area contributed by atoms with Crippen molar-refractivity contribution in [2.75, 3.05) is 6.61 Å². The summed E-state index contributed by atoms with van der Waals surface area (Å²) in [5, 5.41) is 9.58. The van der Waals surface area contributed by atoms with Crippen LogP contribution in [0.1, 0.15) is 25.7 Å². The summed E-state index contributed by atoms with van der Waals surface area (Å²) in [5.74, 6) is -0.172. The van der Waals surface area contributed by atoms with E-state index < -0.39 is 5.54 Å². The molecular formula is C13H18FNOS. The predicted molar refractivity (Wildman–Crippen MR) is 68.5 cm³/mol. The Balaban J connectivity index is 2.02. The molecule has 4 heteroatoms. The first-order valence-electron chi connectivity index (χ1n) is 5.94. The molecule has 1 aromatic rings. The van der Waals surface area contributed by atoms with Crippen LogP contribution in [-0.2, 0) is 0 Å². The predicted octanol–water partition coefficient (Wildman–Crippen LogP) is 2.55. The van der Waals surface area contributed by atoms with Crippen molar-refractivity contribution in [2.45, 2.75) is 41.4 Å². The Morgan fingerprint density at radius 1 is 1.47 bits per heavy atom. The van der Waals surface area contributed by atoms with Crippen LogP contribution in [0.2, 0.25) is 0 Å². The van der Waals surface area contributed by atoms with Crippen LogP contribution in [-0.4, -0.2) is 22.5 Å². The van der Waals surface area contributed by atoms with Crippen LogP contribution in [0.25, 0.3) is 0 Å². The molecule has 94 valence electrons. The van der Waals surface area contributed by atoms with Crippen LogP contribution in [0.3, 0.4) is 0 Å². The number of aliphatic hydroxyl groups is 1. The standard InChI is InChI=1S/C13H18FNOS/c14-11-5-1-2-6-12(11)17-10-4-3-7-13(15,8-10)9-16/h1-2,5-6,10,16H,3-4,7-9,15H2. The van der Waals surface area contributed by atoms with Crippen LogP contribution >= 0.6 is 11.8 Å². The normalized spacial score (nSPS) is 29.2. The molecule has 0 aromatic heterocycles. The SMILES string of the molecule is NC1(CO)CCCC(Sc2ccccc2F)C1. The highest BCUT2D eigenvalue weighted by Crippen LogP contribution is 2.37. The lowest BCUT2D eigenvalue weighted by Crippen LogP contribution is -2.48. The maximum atomic E-state index is 13.5. The van der Waals surface area contributed by atoms with Gasteiger partial charge in [-0.15, -0.1) is 11.8 Å². The molecule has 2 nitrogen and oxygen atoms in total. The van der Waals surface area contributed by atoms with E-state index in [9.17, 15) is 9.50 Å². The van der Waals surface area contributed by atoms with Gasteiger partial charge < -0.3 is 10.8 Å². The monoisotopic (exact) mass is 255 g/mol. The number of halogens is 1. The van der Waals surface area contributed by atoms with E-state index in [0.29, 0.717) is 10.1 Å². The van der Waals surface area contributed by atoms with Crippen LogP contribution in [0, 0.1) is 5.82 Å². The van der Waals surface area contributed by atoms with Gasteiger partial charge in [-0.05, 0) is 31.4 Å². The largest absolute Gasteiger partial charge is 0.394 e. The fourth-order valence-electron chi connectivity index (χ4n) is 2.30. The Hall–Kier alpha value is -0.580. The molecule has 2 atom stereocenters. The highest BCUT2D eigenvalue weighted by atomic mass is 32.2. The summed E-state index contributed by atoms with van der Waals surface area (Å²) >= 11 is 1.54. The lowest BCUT2D eigenvalue weighted by atomic mass is 9.83. The molecule has 0 saturated heterocycles. The Morgan fingerprint density at radius 3 is 2.94 bits per heavy atom. The molecule has 1 aliphatic rings. The van der Waals surface area contributed by atoms with Crippen molar-refractivity contribution >= 4 is 11.8 Å². The molecule has 1 saturated carbocycles. The van der Waals surface area contributed by atoms with Crippen LogP contribution in [0.5, 0.6) is 0 Å². The molecule has 1 fully saturated rings. The zero-order chi connectivity index (χ0) is 12.3. The van der Waals surface area contributed by atoms with Gasteiger partial charge in [0.25, 0.3) is 0 Å². The first-order chi connectivity index (χ1) is 8.13. The van der Waals surface area contributed by atoms with Crippen molar-refractivity contribution in [1.82, 2.24) is 0 Å². The third-order valence-electron chi connectivity index (χ3n) is 3.28. The lowest BCUT2D eigenvalue weighted by Gasteiger charge is -2.36. The number of hydrogen-bond acceptors (Lipinski definition) is 3. The average Bonchev–Trinajstić information content (AvgIpc) is 2.32. The second-order valence-electron chi connectivity index (χ2n) is 4.79. The third kappa shape index (κ3) is 3.21. The van der Waals surface area contributed by atoms with E-state index in [1.807, 2.05) is 6.07 Å². The molecule has 0 aliphatic heterocycles. The van der Waals surface area contributed by atoms with E-state index in [4.69, 9.17) is 5.73 Å². The summed E-state index contributed by atoms with van der Waals surface area (Å²) in [6.07, 6.45) is 3.65. The smallest absolute Gasteiger partial charge is 0.136 e. The molecule has 3 N–H and O–H groups in total. The summed E-state index contributed by atoms with van der Waals surface area (Å²) in [7, 11) is 0. The molecule has 2 unspecified atom stereocenters. The summed E-state index contributed by atoms with van der Waals surface area (Å²) in [5.41, 5.74) is 5.61. The summed E-state index contributed by atoms with van der Waals surface area (Å²) in [4.78, 5) is 0.680. The molecule has 2 rings (SSSR count). The minimum absolute atomic E-state index is 0.0152. The van der Waals surface area contributed by atoms with Gasteiger partial charge in [0, 0.05) is 15.7 Å². The van der Waals surface area contributed by atoms with Crippen molar-refractivity contribution in [3.8, 4) is 0 Å². The molecule has 1 aliphatic carbocycles. The second-order valence-corrected chi connectivity index (χ2v) is 6.13. The van der Waals surface area contributed by atoms with Gasteiger partial charge in [0.1, 0.15) is 5.82 Å². The average molecular weight is 255 g/mol. The number of thioether (sulfide) groups is 1. The van der Waals surface area contributed by atoms with Crippen molar-refractivity contribution in [1.29, 1.82) is 0 Å². The zero-order valence-corrected chi connectivity index (χ0v) is 10.5. The molecule has 0 amide bonds. The highest BCUT2D eigenvalue weighted by Gasteiger charge is 2.32. The lowest BCUT2D eigenvalue weighted by molar-refractivity contribution is 0.159. The number of aliphatic hydroxyl groups excluding tert-OH is 1. The molecule has 0 radical (unpaired) electrons. The Kier molecular flexibility index (Phi) is 4.07. The topological polar surface area (TPSA) is 46.2 Å². The highest BCUT2D eigenvalue weighted by molar-refractivity contribution is 8.00. The number of hydrogen-bond donors (Lipinski definition) is 2. The molecular weight excluding hydrogens is 237 g/mol. The van der Waals surface area contributed by atoms with Gasteiger partial charge >= 0.3 is 0 Å². The van der Waals surface area contributed by atoms with Gasteiger partial charge in [0.05, 0.1) is 6.61 Å². The van der Waals surface area contributed by atoms with E-state index in [1.54, 1.807) is 23.9 Å². The Labute approximate surface area is 105 Å². The first-order valence-corrected chi connectivity index (χ1v) is 6.82. The Bertz CT molecular complexity index is 387. The minimum Gasteiger partial charge on any atom is -0.394 e. The van der Waals surface area contributed by atoms with E-state index in [1.165, 1.54) is 6.07 Å². The van der Waals surface area contributed by atoms with Gasteiger partial charge in [-0.2, -0.15) is 0 Å². The molecule has 0 spiro atoms. The third-order valence-corrected chi connectivity index (χ3v) is 4.60. The van der Waals surface area contributed by atoms with Crippen LogP contribution in [0.4, 0.5) is 4.39 Å². The van der Waals surface area contributed by atoms with E-state index in [2.05, 4.69) is 0 Å². The number of nitrogens with two attached hydrogens (primary N) is 1. The minimum atomic E-state index is -0.471. The van der Waals surface area contributed by atoms with E-state index >= 15 is 0 Å². The Morgan fingerprint density at radius 2 is 2.24 bits per heavy atom. The second kappa shape index (κ2) is 5.38. The number of rotatable bonds is 3. The van der Waals surface area contributed by atoms with E-state index in [0.717, 1.165) is 25.7 Å². The fourth-order valence-corrected chi connectivity index (χ4v) is 3.70. The van der Waals surface area contributed by atoms with Crippen LogP contribution in [0.15, 0.2) is 29.2 Å². The zero-order valence-electron chi connectivity index (χ0n) is 9.73. The van der Waals surface area contributed by atoms with Crippen molar-refractivity contribution < 1.29 is 9.50 Å².